The molecule has 21 heavy (non-hydrogen) atoms. The van der Waals surface area contributed by atoms with Crippen LogP contribution in [0.5, 0.6) is 11.5 Å². The van der Waals surface area contributed by atoms with Gasteiger partial charge in [0.25, 0.3) is 0 Å². The van der Waals surface area contributed by atoms with Gasteiger partial charge >= 0.3 is 0 Å². The molecule has 1 aromatic rings. The van der Waals surface area contributed by atoms with Crippen LogP contribution in [0.3, 0.4) is 0 Å². The van der Waals surface area contributed by atoms with Crippen molar-refractivity contribution >= 4 is 5.96 Å². The maximum Gasteiger partial charge on any atom is 0.188 e. The third-order valence-corrected chi connectivity index (χ3v) is 3.03. The molecule has 0 aliphatic rings. The molecule has 0 saturated heterocycles. The average Bonchev–Trinajstić information content (AvgIpc) is 2.52. The van der Waals surface area contributed by atoms with Gasteiger partial charge in [0.2, 0.25) is 0 Å². The number of nitrogens with one attached hydrogen (secondary N) is 1. The van der Waals surface area contributed by atoms with Gasteiger partial charge in [-0.05, 0) is 24.1 Å². The number of guanidine groups is 1. The monoisotopic (exact) mass is 295 g/mol. The van der Waals surface area contributed by atoms with Crippen LogP contribution in [0.4, 0.5) is 0 Å². The van der Waals surface area contributed by atoms with E-state index in [9.17, 15) is 5.11 Å². The minimum Gasteiger partial charge on any atom is -0.497 e. The Morgan fingerprint density at radius 2 is 1.90 bits per heavy atom. The number of unbranched alkanes of at least 4 members (excludes halogenated alkanes) is 1. The summed E-state index contributed by atoms with van der Waals surface area (Å²) in [4.78, 5) is 4.13. The van der Waals surface area contributed by atoms with Crippen molar-refractivity contribution in [1.29, 1.82) is 0 Å². The Morgan fingerprint density at radius 3 is 2.43 bits per heavy atom. The van der Waals surface area contributed by atoms with Gasteiger partial charge in [0.05, 0.1) is 26.9 Å². The van der Waals surface area contributed by atoms with Gasteiger partial charge in [0.15, 0.2) is 5.96 Å². The lowest BCUT2D eigenvalue weighted by Gasteiger charge is -2.13. The topological polar surface area (TPSA) is 89.1 Å². The summed E-state index contributed by atoms with van der Waals surface area (Å²) >= 11 is 0. The van der Waals surface area contributed by atoms with Gasteiger partial charge in [-0.3, -0.25) is 4.99 Å². The van der Waals surface area contributed by atoms with Crippen LogP contribution in [-0.4, -0.2) is 38.4 Å². The smallest absolute Gasteiger partial charge is 0.188 e. The van der Waals surface area contributed by atoms with E-state index >= 15 is 0 Å². The third-order valence-electron chi connectivity index (χ3n) is 3.03. The van der Waals surface area contributed by atoms with E-state index in [1.165, 1.54) is 0 Å². The lowest BCUT2D eigenvalue weighted by molar-refractivity contribution is 0.186. The summed E-state index contributed by atoms with van der Waals surface area (Å²) in [5.74, 6) is 1.60. The molecule has 1 aromatic carbocycles. The van der Waals surface area contributed by atoms with Gasteiger partial charge in [0, 0.05) is 12.6 Å². The van der Waals surface area contributed by atoms with E-state index in [-0.39, 0.29) is 6.54 Å². The van der Waals surface area contributed by atoms with E-state index in [0.29, 0.717) is 23.0 Å². The summed E-state index contributed by atoms with van der Waals surface area (Å²) in [6.45, 7) is 3.07. The van der Waals surface area contributed by atoms with Crippen molar-refractivity contribution in [2.24, 2.45) is 10.7 Å². The fraction of sp³-hybridized carbons (Fsp3) is 0.533. The van der Waals surface area contributed by atoms with Crippen LogP contribution in [0.15, 0.2) is 23.2 Å². The van der Waals surface area contributed by atoms with Crippen molar-refractivity contribution in [2.45, 2.75) is 25.9 Å². The first-order valence-corrected chi connectivity index (χ1v) is 7.05. The number of methoxy groups -OCH3 is 2. The first-order chi connectivity index (χ1) is 10.1. The van der Waals surface area contributed by atoms with Crippen LogP contribution in [0.25, 0.3) is 0 Å². The van der Waals surface area contributed by atoms with Crippen LogP contribution in [-0.2, 0) is 0 Å². The van der Waals surface area contributed by atoms with E-state index in [4.69, 9.17) is 15.2 Å². The van der Waals surface area contributed by atoms with Crippen molar-refractivity contribution in [2.75, 3.05) is 27.3 Å². The zero-order chi connectivity index (χ0) is 15.7. The maximum absolute atomic E-state index is 10.2. The molecule has 1 atom stereocenters. The molecule has 0 saturated carbocycles. The zero-order valence-corrected chi connectivity index (χ0v) is 12.9. The molecule has 0 aliphatic carbocycles. The Hall–Kier alpha value is -1.95. The van der Waals surface area contributed by atoms with Crippen molar-refractivity contribution in [3.05, 3.63) is 23.8 Å². The molecule has 0 radical (unpaired) electrons. The Morgan fingerprint density at radius 1 is 1.29 bits per heavy atom. The fourth-order valence-corrected chi connectivity index (χ4v) is 1.76. The van der Waals surface area contributed by atoms with Gasteiger partial charge in [-0.1, -0.05) is 13.3 Å². The lowest BCUT2D eigenvalue weighted by atomic mass is 10.1. The SMILES string of the molecule is CCCCNC(N)=NCC(O)c1cc(OC)cc(OC)c1. The van der Waals surface area contributed by atoms with Crippen LogP contribution in [0.2, 0.25) is 0 Å². The molecule has 0 aliphatic heterocycles. The number of aliphatic hydroxyl groups is 1. The number of benzene rings is 1. The highest BCUT2D eigenvalue weighted by Crippen LogP contribution is 2.26. The molecule has 0 heterocycles. The van der Waals surface area contributed by atoms with E-state index in [1.807, 2.05) is 0 Å². The summed E-state index contributed by atoms with van der Waals surface area (Å²) in [5, 5.41) is 13.2. The number of ether oxygens (including phenoxy) is 2. The second kappa shape index (κ2) is 9.07. The molecular formula is C15H25N3O3. The number of aliphatic hydroxyl groups excluding tert-OH is 1. The van der Waals surface area contributed by atoms with Gasteiger partial charge < -0.3 is 25.6 Å². The maximum atomic E-state index is 10.2. The van der Waals surface area contributed by atoms with Crippen LogP contribution < -0.4 is 20.5 Å². The number of aliphatic imine (C=N–C) groups is 1. The second-order valence-electron chi connectivity index (χ2n) is 4.67. The highest BCUT2D eigenvalue weighted by Gasteiger charge is 2.10. The van der Waals surface area contributed by atoms with Crippen LogP contribution >= 0.6 is 0 Å². The van der Waals surface area contributed by atoms with Gasteiger partial charge in [-0.2, -0.15) is 0 Å². The molecular weight excluding hydrogens is 270 g/mol. The third kappa shape index (κ3) is 5.91. The van der Waals surface area contributed by atoms with Crippen molar-refractivity contribution in [3.63, 3.8) is 0 Å². The highest BCUT2D eigenvalue weighted by atomic mass is 16.5. The van der Waals surface area contributed by atoms with Crippen molar-refractivity contribution in [1.82, 2.24) is 5.32 Å². The fourth-order valence-electron chi connectivity index (χ4n) is 1.76. The van der Waals surface area contributed by atoms with Gasteiger partial charge in [-0.15, -0.1) is 0 Å². The average molecular weight is 295 g/mol. The Labute approximate surface area is 126 Å². The number of rotatable bonds is 8. The molecule has 6 heteroatoms. The molecule has 4 N–H and O–H groups in total. The van der Waals surface area contributed by atoms with Crippen molar-refractivity contribution in [3.8, 4) is 11.5 Å². The van der Waals surface area contributed by atoms with Crippen LogP contribution in [0, 0.1) is 0 Å². The van der Waals surface area contributed by atoms with Crippen molar-refractivity contribution < 1.29 is 14.6 Å². The normalized spacial score (nSPS) is 12.9. The molecule has 1 unspecified atom stereocenters. The summed E-state index contributed by atoms with van der Waals surface area (Å²) in [5.41, 5.74) is 6.41. The summed E-state index contributed by atoms with van der Waals surface area (Å²) in [6, 6.07) is 5.26. The molecule has 0 fully saturated rings. The predicted octanol–water partition coefficient (Wildman–Crippen LogP) is 1.44. The minimum atomic E-state index is -0.763. The summed E-state index contributed by atoms with van der Waals surface area (Å²) in [7, 11) is 3.14. The Balaban J connectivity index is 2.66. The number of hydrogen-bond acceptors (Lipinski definition) is 4. The number of nitrogens with two attached hydrogens (primary N) is 1. The predicted molar refractivity (Wildman–Crippen MR) is 83.9 cm³/mol. The van der Waals surface area contributed by atoms with Gasteiger partial charge in [-0.25, -0.2) is 0 Å². The Bertz CT molecular complexity index is 441. The van der Waals surface area contributed by atoms with E-state index < -0.39 is 6.10 Å². The van der Waals surface area contributed by atoms with E-state index in [1.54, 1.807) is 32.4 Å². The molecule has 0 spiro atoms. The van der Waals surface area contributed by atoms with Crippen LogP contribution in [0.1, 0.15) is 31.4 Å². The number of nitrogens with zero attached hydrogens (tertiary/aromatic N) is 1. The largest absolute Gasteiger partial charge is 0.497 e. The molecule has 118 valence electrons. The summed E-state index contributed by atoms with van der Waals surface area (Å²) in [6.07, 6.45) is 1.36. The molecule has 1 rings (SSSR count). The highest BCUT2D eigenvalue weighted by molar-refractivity contribution is 5.77. The molecule has 6 nitrogen and oxygen atoms in total. The Kier molecular flexibility index (Phi) is 7.39. The van der Waals surface area contributed by atoms with E-state index in [0.717, 1.165) is 19.4 Å². The van der Waals surface area contributed by atoms with Gasteiger partial charge in [0.1, 0.15) is 11.5 Å². The lowest BCUT2D eigenvalue weighted by Crippen LogP contribution is -2.32. The summed E-state index contributed by atoms with van der Waals surface area (Å²) < 4.78 is 10.3. The molecule has 0 bridgehead atoms. The first kappa shape index (κ1) is 17.1. The molecule has 0 amide bonds. The second-order valence-corrected chi connectivity index (χ2v) is 4.67. The van der Waals surface area contributed by atoms with E-state index in [2.05, 4.69) is 17.2 Å². The molecule has 0 aromatic heterocycles. The first-order valence-electron chi connectivity index (χ1n) is 7.05. The zero-order valence-electron chi connectivity index (χ0n) is 12.9. The number of hydrogen-bond donors (Lipinski definition) is 3. The quantitative estimate of drug-likeness (QED) is 0.384. The standard InChI is InChI=1S/C15H25N3O3/c1-4-5-6-17-15(16)18-10-14(19)11-7-12(20-2)9-13(8-11)21-3/h7-9,14,19H,4-6,10H2,1-3H3,(H3,16,17,18). The minimum absolute atomic E-state index is 0.182.